The topological polar surface area (TPSA) is 113 Å². The molecule has 0 saturated carbocycles. The molecule has 8 nitrogen and oxygen atoms in total. The summed E-state index contributed by atoms with van der Waals surface area (Å²) in [5.41, 5.74) is 2.52. The van der Waals surface area contributed by atoms with Crippen molar-refractivity contribution in [3.05, 3.63) is 63.9 Å². The van der Waals surface area contributed by atoms with Crippen molar-refractivity contribution in [2.45, 2.75) is 33.2 Å². The summed E-state index contributed by atoms with van der Waals surface area (Å²) < 4.78 is 6.82. The molecule has 3 rings (SSSR count). The van der Waals surface area contributed by atoms with Gasteiger partial charge in [-0.3, -0.25) is 9.59 Å². The lowest BCUT2D eigenvalue weighted by atomic mass is 10.1. The third-order valence-corrected chi connectivity index (χ3v) is 4.77. The molecule has 3 N–H and O–H groups in total. The number of nitrogens with zero attached hydrogens (tertiary/aromatic N) is 2. The van der Waals surface area contributed by atoms with Crippen molar-refractivity contribution >= 4 is 23.0 Å². The van der Waals surface area contributed by atoms with Crippen molar-refractivity contribution in [2.75, 3.05) is 6.61 Å². The largest absolute Gasteiger partial charge is 0.506 e. The van der Waals surface area contributed by atoms with Crippen LogP contribution in [-0.2, 0) is 6.54 Å². The van der Waals surface area contributed by atoms with Gasteiger partial charge in [0.25, 0.3) is 11.5 Å². The standard InChI is InChI=1S/C23H25N3O5/c1-3-5-12-26-17-9-7-6-8-16(17)21(28)20(23(26)30)22(29)25-24-14-15-10-11-18(27)19(13-15)31-4-2/h6-11,13-14,27-28H,3-5,12H2,1-2H3,(H,25,29). The number of pyridine rings is 1. The Balaban J connectivity index is 1.91. The summed E-state index contributed by atoms with van der Waals surface area (Å²) in [6, 6.07) is 11.5. The molecule has 31 heavy (non-hydrogen) atoms. The predicted octanol–water partition coefficient (Wildman–Crippen LogP) is 3.38. The maximum atomic E-state index is 13.0. The summed E-state index contributed by atoms with van der Waals surface area (Å²) in [5, 5.41) is 24.7. The lowest BCUT2D eigenvalue weighted by Crippen LogP contribution is -2.31. The fraction of sp³-hybridized carbons (Fsp3) is 0.261. The first-order valence-corrected chi connectivity index (χ1v) is 10.1. The first kappa shape index (κ1) is 21.9. The molecule has 0 spiro atoms. The Morgan fingerprint density at radius 1 is 1.19 bits per heavy atom. The number of phenolic OH excluding ortho intramolecular Hbond substituents is 1. The van der Waals surface area contributed by atoms with Gasteiger partial charge in [0.1, 0.15) is 11.3 Å². The summed E-state index contributed by atoms with van der Waals surface area (Å²) in [5.74, 6) is -0.886. The molecule has 1 heterocycles. The molecule has 0 aliphatic heterocycles. The van der Waals surface area contributed by atoms with E-state index in [2.05, 4.69) is 10.5 Å². The molecule has 8 heteroatoms. The molecule has 1 aromatic heterocycles. The fourth-order valence-corrected chi connectivity index (χ4v) is 3.24. The van der Waals surface area contributed by atoms with E-state index in [-0.39, 0.29) is 17.1 Å². The zero-order valence-corrected chi connectivity index (χ0v) is 17.5. The molecule has 162 valence electrons. The first-order chi connectivity index (χ1) is 15.0. The molecule has 2 aromatic carbocycles. The van der Waals surface area contributed by atoms with Crippen LogP contribution < -0.4 is 15.7 Å². The Morgan fingerprint density at radius 2 is 1.97 bits per heavy atom. The van der Waals surface area contributed by atoms with Crippen LogP contribution in [-0.4, -0.2) is 33.5 Å². The monoisotopic (exact) mass is 423 g/mol. The van der Waals surface area contributed by atoms with Crippen LogP contribution in [0.4, 0.5) is 0 Å². The number of phenols is 1. The van der Waals surface area contributed by atoms with E-state index in [1.165, 1.54) is 16.8 Å². The third kappa shape index (κ3) is 4.69. The Labute approximate surface area is 179 Å². The normalized spacial score (nSPS) is 11.2. The molecule has 0 saturated heterocycles. The summed E-state index contributed by atoms with van der Waals surface area (Å²) in [7, 11) is 0. The number of ether oxygens (including phenoxy) is 1. The van der Waals surface area contributed by atoms with E-state index in [1.807, 2.05) is 6.92 Å². The Kier molecular flexibility index (Phi) is 6.92. The lowest BCUT2D eigenvalue weighted by Gasteiger charge is -2.14. The minimum atomic E-state index is -0.807. The van der Waals surface area contributed by atoms with E-state index >= 15 is 0 Å². The number of carbonyl (C=O) groups is 1. The third-order valence-electron chi connectivity index (χ3n) is 4.77. The van der Waals surface area contributed by atoms with E-state index in [0.717, 1.165) is 12.8 Å². The average Bonchev–Trinajstić information content (AvgIpc) is 2.76. The molecule has 0 aliphatic rings. The molecule has 1 amide bonds. The van der Waals surface area contributed by atoms with E-state index in [0.29, 0.717) is 35.4 Å². The number of hydrogen-bond acceptors (Lipinski definition) is 6. The first-order valence-electron chi connectivity index (χ1n) is 10.1. The van der Waals surface area contributed by atoms with Crippen LogP contribution in [0.3, 0.4) is 0 Å². The highest BCUT2D eigenvalue weighted by atomic mass is 16.5. The minimum absolute atomic E-state index is 0.00301. The van der Waals surface area contributed by atoms with Gasteiger partial charge in [-0.15, -0.1) is 0 Å². The number of rotatable bonds is 8. The van der Waals surface area contributed by atoms with Crippen molar-refractivity contribution in [2.24, 2.45) is 5.10 Å². The molecular weight excluding hydrogens is 398 g/mol. The summed E-state index contributed by atoms with van der Waals surface area (Å²) in [6.45, 7) is 4.63. The van der Waals surface area contributed by atoms with Gasteiger partial charge >= 0.3 is 0 Å². The molecule has 0 fully saturated rings. The number of hydrogen-bond donors (Lipinski definition) is 3. The molecule has 0 unspecified atom stereocenters. The Bertz CT molecular complexity index is 1180. The van der Waals surface area contributed by atoms with Crippen LogP contribution in [0.1, 0.15) is 42.6 Å². The fourth-order valence-electron chi connectivity index (χ4n) is 3.24. The Hall–Kier alpha value is -3.81. The molecule has 0 atom stereocenters. The predicted molar refractivity (Wildman–Crippen MR) is 119 cm³/mol. The van der Waals surface area contributed by atoms with Crippen molar-refractivity contribution in [1.82, 2.24) is 9.99 Å². The quantitative estimate of drug-likeness (QED) is 0.380. The van der Waals surface area contributed by atoms with Crippen LogP contribution in [0.5, 0.6) is 17.2 Å². The smallest absolute Gasteiger partial charge is 0.280 e. The zero-order chi connectivity index (χ0) is 22.4. The van der Waals surface area contributed by atoms with Crippen LogP contribution in [0, 0.1) is 0 Å². The number of benzene rings is 2. The molecule has 3 aromatic rings. The second kappa shape index (κ2) is 9.80. The van der Waals surface area contributed by atoms with Gasteiger partial charge in [0.15, 0.2) is 11.5 Å². The second-order valence-corrected chi connectivity index (χ2v) is 6.91. The van der Waals surface area contributed by atoms with Crippen molar-refractivity contribution in [1.29, 1.82) is 0 Å². The maximum absolute atomic E-state index is 13.0. The highest BCUT2D eigenvalue weighted by Gasteiger charge is 2.21. The molecule has 0 radical (unpaired) electrons. The van der Waals surface area contributed by atoms with Crippen molar-refractivity contribution < 1.29 is 19.7 Å². The van der Waals surface area contributed by atoms with Gasteiger partial charge < -0.3 is 19.5 Å². The number of aryl methyl sites for hydroxylation is 1. The van der Waals surface area contributed by atoms with Crippen LogP contribution in [0.2, 0.25) is 0 Å². The van der Waals surface area contributed by atoms with Crippen LogP contribution in [0.25, 0.3) is 10.9 Å². The number of para-hydroxylation sites is 1. The molecule has 0 aliphatic carbocycles. The number of carbonyl (C=O) groups excluding carboxylic acids is 1. The number of amides is 1. The van der Waals surface area contributed by atoms with Crippen molar-refractivity contribution in [3.8, 4) is 17.2 Å². The van der Waals surface area contributed by atoms with Gasteiger partial charge in [-0.2, -0.15) is 5.10 Å². The minimum Gasteiger partial charge on any atom is -0.506 e. The summed E-state index contributed by atoms with van der Waals surface area (Å²) >= 11 is 0. The number of fused-ring (bicyclic) bond motifs is 1. The number of hydrazone groups is 1. The van der Waals surface area contributed by atoms with Gasteiger partial charge in [-0.25, -0.2) is 5.43 Å². The SMILES string of the molecule is CCCCn1c(=O)c(C(=O)NN=Cc2ccc(O)c(OCC)c2)c(O)c2ccccc21. The van der Waals surface area contributed by atoms with Crippen LogP contribution >= 0.6 is 0 Å². The number of aromatic nitrogens is 1. The maximum Gasteiger partial charge on any atom is 0.280 e. The van der Waals surface area contributed by atoms with E-state index < -0.39 is 11.5 Å². The zero-order valence-electron chi connectivity index (χ0n) is 17.5. The van der Waals surface area contributed by atoms with Gasteiger partial charge in [0.05, 0.1) is 18.3 Å². The van der Waals surface area contributed by atoms with Gasteiger partial charge in [0, 0.05) is 11.9 Å². The van der Waals surface area contributed by atoms with Crippen LogP contribution in [0.15, 0.2) is 52.4 Å². The van der Waals surface area contributed by atoms with E-state index in [9.17, 15) is 19.8 Å². The highest BCUT2D eigenvalue weighted by molar-refractivity contribution is 6.02. The summed E-state index contributed by atoms with van der Waals surface area (Å²) in [4.78, 5) is 25.7. The average molecular weight is 423 g/mol. The lowest BCUT2D eigenvalue weighted by molar-refractivity contribution is 0.0950. The second-order valence-electron chi connectivity index (χ2n) is 6.91. The number of unbranched alkanes of at least 4 members (excludes halogenated alkanes) is 1. The Morgan fingerprint density at radius 3 is 2.71 bits per heavy atom. The van der Waals surface area contributed by atoms with E-state index in [1.54, 1.807) is 43.3 Å². The van der Waals surface area contributed by atoms with Crippen molar-refractivity contribution in [3.63, 3.8) is 0 Å². The van der Waals surface area contributed by atoms with Gasteiger partial charge in [0.2, 0.25) is 0 Å². The molecular formula is C23H25N3O5. The number of nitrogens with one attached hydrogen (secondary N) is 1. The summed E-state index contributed by atoms with van der Waals surface area (Å²) in [6.07, 6.45) is 2.99. The van der Waals surface area contributed by atoms with Gasteiger partial charge in [-0.05, 0) is 49.2 Å². The van der Waals surface area contributed by atoms with E-state index in [4.69, 9.17) is 4.74 Å². The molecule has 0 bridgehead atoms. The number of aromatic hydroxyl groups is 2. The van der Waals surface area contributed by atoms with Gasteiger partial charge in [-0.1, -0.05) is 25.5 Å². The highest BCUT2D eigenvalue weighted by Crippen LogP contribution is 2.27.